The van der Waals surface area contributed by atoms with E-state index in [9.17, 15) is 0 Å². The molecule has 0 fully saturated rings. The third kappa shape index (κ3) is 5.11. The molecule has 0 unspecified atom stereocenters. The summed E-state index contributed by atoms with van der Waals surface area (Å²) in [7, 11) is 0. The van der Waals surface area contributed by atoms with Gasteiger partial charge in [0.2, 0.25) is 0 Å². The van der Waals surface area contributed by atoms with Crippen molar-refractivity contribution in [3.63, 3.8) is 0 Å². The van der Waals surface area contributed by atoms with Crippen molar-refractivity contribution in [1.82, 2.24) is 0 Å². The van der Waals surface area contributed by atoms with Gasteiger partial charge in [0, 0.05) is 0 Å². The van der Waals surface area contributed by atoms with E-state index < -0.39 is 0 Å². The van der Waals surface area contributed by atoms with E-state index in [1.165, 1.54) is 16.7 Å². The van der Waals surface area contributed by atoms with Gasteiger partial charge in [0.15, 0.2) is 0 Å². The molecule has 0 aliphatic heterocycles. The van der Waals surface area contributed by atoms with Crippen LogP contribution in [0.2, 0.25) is 0 Å². The first-order valence-corrected chi connectivity index (χ1v) is 6.64. The lowest BCUT2D eigenvalue weighted by atomic mass is 10.0. The van der Waals surface area contributed by atoms with Crippen LogP contribution >= 0.6 is 0 Å². The highest BCUT2D eigenvalue weighted by atomic mass is 14.0. The summed E-state index contributed by atoms with van der Waals surface area (Å²) >= 11 is 0. The zero-order valence-electron chi connectivity index (χ0n) is 12.4. The molecule has 0 saturated heterocycles. The average Bonchev–Trinajstić information content (AvgIpc) is 2.49. The normalized spacial score (nSPS) is 9.10. The van der Waals surface area contributed by atoms with Gasteiger partial charge < -0.3 is 0 Å². The Bertz CT molecular complexity index is 559. The van der Waals surface area contributed by atoms with Crippen LogP contribution in [0.4, 0.5) is 0 Å². The molecular formula is C20H22. The van der Waals surface area contributed by atoms with Crippen molar-refractivity contribution >= 4 is 17.2 Å². The topological polar surface area (TPSA) is 0 Å². The highest BCUT2D eigenvalue weighted by Crippen LogP contribution is 2.17. The van der Waals surface area contributed by atoms with Gasteiger partial charge in [-0.05, 0) is 36.6 Å². The number of hydrogen-bond acceptors (Lipinski definition) is 0. The Balaban J connectivity index is 0.000000217. The fraction of sp³-hybridized carbons (Fsp3) is 0.100. The van der Waals surface area contributed by atoms with Crippen LogP contribution in [0.3, 0.4) is 0 Å². The van der Waals surface area contributed by atoms with Gasteiger partial charge in [-0.1, -0.05) is 85.5 Å². The van der Waals surface area contributed by atoms with Crippen LogP contribution in [-0.4, -0.2) is 0 Å². The molecule has 102 valence electrons. The van der Waals surface area contributed by atoms with Gasteiger partial charge in [-0.2, -0.15) is 0 Å². The Hall–Kier alpha value is -2.34. The molecule has 0 amide bonds. The van der Waals surface area contributed by atoms with Crippen LogP contribution in [0.25, 0.3) is 17.2 Å². The third-order valence-electron chi connectivity index (χ3n) is 2.88. The van der Waals surface area contributed by atoms with Gasteiger partial charge in [-0.3, -0.25) is 0 Å². The van der Waals surface area contributed by atoms with Crippen LogP contribution in [-0.2, 0) is 0 Å². The van der Waals surface area contributed by atoms with E-state index in [0.717, 1.165) is 11.1 Å². The van der Waals surface area contributed by atoms with E-state index >= 15 is 0 Å². The van der Waals surface area contributed by atoms with Crippen LogP contribution in [0.1, 0.15) is 30.5 Å². The quantitative estimate of drug-likeness (QED) is 0.628. The minimum absolute atomic E-state index is 1.10. The zero-order valence-corrected chi connectivity index (χ0v) is 12.4. The lowest BCUT2D eigenvalue weighted by Crippen LogP contribution is -1.81. The molecule has 0 bridgehead atoms. The summed E-state index contributed by atoms with van der Waals surface area (Å²) in [4.78, 5) is 0. The second-order valence-corrected chi connectivity index (χ2v) is 4.76. The lowest BCUT2D eigenvalue weighted by Gasteiger charge is -2.03. The first-order chi connectivity index (χ1) is 9.54. The first-order valence-electron chi connectivity index (χ1n) is 6.64. The molecular weight excluding hydrogens is 240 g/mol. The molecule has 0 aromatic heterocycles. The molecule has 0 atom stereocenters. The molecule has 0 aliphatic carbocycles. The largest absolute Gasteiger partial charge is 0.0985 e. The van der Waals surface area contributed by atoms with E-state index in [1.807, 2.05) is 56.3 Å². The molecule has 2 rings (SSSR count). The summed E-state index contributed by atoms with van der Waals surface area (Å²) in [5, 5.41) is 0. The Labute approximate surface area is 122 Å². The van der Waals surface area contributed by atoms with Crippen LogP contribution < -0.4 is 0 Å². The van der Waals surface area contributed by atoms with Gasteiger partial charge in [0.05, 0.1) is 0 Å². The van der Waals surface area contributed by atoms with Crippen molar-refractivity contribution in [2.75, 3.05) is 0 Å². The number of rotatable bonds is 3. The van der Waals surface area contributed by atoms with E-state index in [2.05, 4.69) is 37.9 Å². The van der Waals surface area contributed by atoms with Crippen molar-refractivity contribution in [3.05, 3.63) is 91.0 Å². The molecule has 2 aromatic rings. The summed E-state index contributed by atoms with van der Waals surface area (Å²) in [5.41, 5.74) is 5.75. The lowest BCUT2D eigenvalue weighted by molar-refractivity contribution is 1.52. The van der Waals surface area contributed by atoms with Crippen LogP contribution in [0, 0.1) is 0 Å². The molecule has 0 nitrogen and oxygen atoms in total. The molecule has 0 heterocycles. The Kier molecular flexibility index (Phi) is 6.25. The monoisotopic (exact) mass is 262 g/mol. The molecule has 0 saturated carbocycles. The average molecular weight is 262 g/mol. The molecule has 0 heteroatoms. The number of benzene rings is 2. The Morgan fingerprint density at radius 1 is 0.800 bits per heavy atom. The van der Waals surface area contributed by atoms with Crippen LogP contribution in [0.15, 0.2) is 74.3 Å². The maximum Gasteiger partial charge on any atom is -0.0227 e. The molecule has 0 aliphatic rings. The van der Waals surface area contributed by atoms with Gasteiger partial charge in [-0.25, -0.2) is 0 Å². The van der Waals surface area contributed by atoms with Gasteiger partial charge >= 0.3 is 0 Å². The van der Waals surface area contributed by atoms with E-state index in [1.54, 1.807) is 0 Å². The standard InChI is InChI=1S/C12H14.C8H8/c1-9(2)11-6-5-7-12(8-11)10(3)4;1-2-8-6-4-3-5-7-8/h5-8H,1,3H2,2,4H3;2-7H,1H2. The smallest absolute Gasteiger partial charge is 0.0227 e. The highest BCUT2D eigenvalue weighted by Gasteiger charge is 1.95. The highest BCUT2D eigenvalue weighted by molar-refractivity contribution is 5.68. The Morgan fingerprint density at radius 3 is 1.65 bits per heavy atom. The van der Waals surface area contributed by atoms with E-state index in [-0.39, 0.29) is 0 Å². The van der Waals surface area contributed by atoms with E-state index in [0.29, 0.717) is 0 Å². The van der Waals surface area contributed by atoms with Crippen molar-refractivity contribution in [3.8, 4) is 0 Å². The fourth-order valence-corrected chi connectivity index (χ4v) is 1.64. The third-order valence-corrected chi connectivity index (χ3v) is 2.88. The summed E-state index contributed by atoms with van der Waals surface area (Å²) in [6.07, 6.45) is 1.83. The second-order valence-electron chi connectivity index (χ2n) is 4.76. The fourth-order valence-electron chi connectivity index (χ4n) is 1.64. The van der Waals surface area contributed by atoms with E-state index in [4.69, 9.17) is 0 Å². The SMILES string of the molecule is C=C(C)c1cccc(C(=C)C)c1.C=Cc1ccccc1. The Morgan fingerprint density at radius 2 is 1.30 bits per heavy atom. The summed E-state index contributed by atoms with van der Waals surface area (Å²) in [5.74, 6) is 0. The zero-order chi connectivity index (χ0) is 15.0. The number of allylic oxidation sites excluding steroid dienone is 2. The molecule has 20 heavy (non-hydrogen) atoms. The molecule has 0 N–H and O–H groups in total. The minimum Gasteiger partial charge on any atom is -0.0985 e. The van der Waals surface area contributed by atoms with Crippen LogP contribution in [0.5, 0.6) is 0 Å². The maximum atomic E-state index is 3.90. The predicted octanol–water partition coefficient (Wildman–Crippen LogP) is 6.08. The molecule has 0 radical (unpaired) electrons. The van der Waals surface area contributed by atoms with Crippen molar-refractivity contribution < 1.29 is 0 Å². The van der Waals surface area contributed by atoms with Gasteiger partial charge in [0.25, 0.3) is 0 Å². The molecule has 2 aromatic carbocycles. The summed E-state index contributed by atoms with van der Waals surface area (Å²) in [6.45, 7) is 15.4. The summed E-state index contributed by atoms with van der Waals surface area (Å²) in [6, 6.07) is 18.3. The van der Waals surface area contributed by atoms with Crippen molar-refractivity contribution in [1.29, 1.82) is 0 Å². The maximum absolute atomic E-state index is 3.90. The number of hydrogen-bond donors (Lipinski definition) is 0. The molecule has 0 spiro atoms. The predicted molar refractivity (Wildman–Crippen MR) is 92.4 cm³/mol. The van der Waals surface area contributed by atoms with Gasteiger partial charge in [-0.15, -0.1) is 0 Å². The van der Waals surface area contributed by atoms with Gasteiger partial charge in [0.1, 0.15) is 0 Å². The van der Waals surface area contributed by atoms with Crippen molar-refractivity contribution in [2.45, 2.75) is 13.8 Å². The summed E-state index contributed by atoms with van der Waals surface area (Å²) < 4.78 is 0. The van der Waals surface area contributed by atoms with Crippen molar-refractivity contribution in [2.24, 2.45) is 0 Å². The second kappa shape index (κ2) is 7.96. The first kappa shape index (κ1) is 15.7. The minimum atomic E-state index is 1.10.